The van der Waals surface area contributed by atoms with Gasteiger partial charge in [0.2, 0.25) is 0 Å². The first-order valence-corrected chi connectivity index (χ1v) is 11.1. The summed E-state index contributed by atoms with van der Waals surface area (Å²) in [4.78, 5) is 24.4. The van der Waals surface area contributed by atoms with Crippen molar-refractivity contribution in [2.45, 2.75) is 122 Å². The number of carbonyl (C=O) groups is 2. The molecule has 1 saturated heterocycles. The highest BCUT2D eigenvalue weighted by molar-refractivity contribution is 5.79. The van der Waals surface area contributed by atoms with Crippen LogP contribution in [0.15, 0.2) is 0 Å². The zero-order chi connectivity index (χ0) is 18.9. The van der Waals surface area contributed by atoms with Crippen LogP contribution in [0.3, 0.4) is 0 Å². The molecule has 0 aromatic carbocycles. The average Bonchev–Trinajstić information content (AvgIpc) is 2.63. The Balaban J connectivity index is 2.45. The second-order valence-electron chi connectivity index (χ2n) is 7.63. The normalized spacial score (nSPS) is 22.3. The van der Waals surface area contributed by atoms with Crippen molar-refractivity contribution in [2.24, 2.45) is 0 Å². The number of unbranched alkanes of at least 4 members (excludes halogenated alkanes) is 4. The van der Waals surface area contributed by atoms with E-state index in [2.05, 4.69) is 6.92 Å². The van der Waals surface area contributed by atoms with Crippen LogP contribution in [0.5, 0.6) is 0 Å². The van der Waals surface area contributed by atoms with Gasteiger partial charge in [-0.05, 0) is 25.7 Å². The highest BCUT2D eigenvalue weighted by Crippen LogP contribution is 2.15. The minimum absolute atomic E-state index is 0.246. The monoisotopic (exact) mass is 368 g/mol. The third kappa shape index (κ3) is 12.3. The maximum Gasteiger partial charge on any atom is 0.347 e. The van der Waals surface area contributed by atoms with Crippen molar-refractivity contribution in [3.05, 3.63) is 0 Å². The lowest BCUT2D eigenvalue weighted by molar-refractivity contribution is -0.168. The molecule has 4 heteroatoms. The Morgan fingerprint density at radius 2 is 1.35 bits per heavy atom. The number of esters is 2. The summed E-state index contributed by atoms with van der Waals surface area (Å²) in [6, 6.07) is 0. The molecule has 1 atom stereocenters. The third-order valence-corrected chi connectivity index (χ3v) is 5.13. The zero-order valence-electron chi connectivity index (χ0n) is 16.9. The Morgan fingerprint density at radius 3 is 2.00 bits per heavy atom. The molecule has 4 nitrogen and oxygen atoms in total. The van der Waals surface area contributed by atoms with Gasteiger partial charge in [0, 0.05) is 6.42 Å². The first-order chi connectivity index (χ1) is 12.7. The molecule has 0 aliphatic carbocycles. The first kappa shape index (κ1) is 23.0. The van der Waals surface area contributed by atoms with Gasteiger partial charge in [0.15, 0.2) is 6.10 Å². The standard InChI is InChI=1S/C22H40O4/c1-2-3-4-11-14-17-20-22(24)25-19-16-13-10-8-6-5-7-9-12-15-18-21(23)26-20/h20H,2-19H2,1H3. The van der Waals surface area contributed by atoms with Crippen LogP contribution in [0.25, 0.3) is 0 Å². The van der Waals surface area contributed by atoms with Gasteiger partial charge in [0.1, 0.15) is 0 Å². The fourth-order valence-electron chi connectivity index (χ4n) is 3.43. The van der Waals surface area contributed by atoms with E-state index in [9.17, 15) is 9.59 Å². The molecule has 1 aliphatic rings. The van der Waals surface area contributed by atoms with Gasteiger partial charge in [-0.3, -0.25) is 4.79 Å². The number of hydrogen-bond donors (Lipinski definition) is 0. The Kier molecular flexibility index (Phi) is 14.3. The van der Waals surface area contributed by atoms with Crippen LogP contribution < -0.4 is 0 Å². The van der Waals surface area contributed by atoms with Gasteiger partial charge in [-0.1, -0.05) is 84.0 Å². The van der Waals surface area contributed by atoms with Crippen molar-refractivity contribution in [2.75, 3.05) is 6.61 Å². The second kappa shape index (κ2) is 16.1. The molecule has 1 rings (SSSR count). The summed E-state index contributed by atoms with van der Waals surface area (Å²) in [6.07, 6.45) is 17.3. The minimum atomic E-state index is -0.709. The van der Waals surface area contributed by atoms with Crippen LogP contribution in [-0.2, 0) is 19.1 Å². The van der Waals surface area contributed by atoms with E-state index in [1.54, 1.807) is 0 Å². The van der Waals surface area contributed by atoms with Gasteiger partial charge in [-0.2, -0.15) is 0 Å². The van der Waals surface area contributed by atoms with Gasteiger partial charge in [0.25, 0.3) is 0 Å². The molecular formula is C22H40O4. The molecule has 1 fully saturated rings. The SMILES string of the molecule is CCCCCCCC1OC(=O)CCCCCCCCCCCCOC1=O. The summed E-state index contributed by atoms with van der Waals surface area (Å²) in [5, 5.41) is 0. The van der Waals surface area contributed by atoms with E-state index < -0.39 is 6.10 Å². The molecule has 1 heterocycles. The molecular weight excluding hydrogens is 328 g/mol. The van der Waals surface area contributed by atoms with E-state index in [1.165, 1.54) is 57.8 Å². The molecule has 0 amide bonds. The van der Waals surface area contributed by atoms with E-state index in [-0.39, 0.29) is 11.9 Å². The fourth-order valence-corrected chi connectivity index (χ4v) is 3.43. The number of rotatable bonds is 6. The van der Waals surface area contributed by atoms with E-state index in [4.69, 9.17) is 9.47 Å². The molecule has 26 heavy (non-hydrogen) atoms. The van der Waals surface area contributed by atoms with Crippen molar-refractivity contribution in [1.82, 2.24) is 0 Å². The summed E-state index contributed by atoms with van der Waals surface area (Å²) < 4.78 is 10.9. The van der Waals surface area contributed by atoms with Gasteiger partial charge < -0.3 is 9.47 Å². The lowest BCUT2D eigenvalue weighted by Crippen LogP contribution is -2.29. The Morgan fingerprint density at radius 1 is 0.769 bits per heavy atom. The first-order valence-electron chi connectivity index (χ1n) is 11.1. The predicted molar refractivity (Wildman–Crippen MR) is 105 cm³/mol. The molecule has 1 aliphatic heterocycles. The van der Waals surface area contributed by atoms with Crippen LogP contribution in [0, 0.1) is 0 Å². The van der Waals surface area contributed by atoms with E-state index in [0.717, 1.165) is 38.5 Å². The highest BCUT2D eigenvalue weighted by Gasteiger charge is 2.24. The summed E-state index contributed by atoms with van der Waals surface area (Å²) in [5.41, 5.74) is 0. The highest BCUT2D eigenvalue weighted by atomic mass is 16.6. The molecule has 0 N–H and O–H groups in total. The van der Waals surface area contributed by atoms with Crippen LogP contribution in [-0.4, -0.2) is 24.6 Å². The van der Waals surface area contributed by atoms with E-state index >= 15 is 0 Å². The fraction of sp³-hybridized carbons (Fsp3) is 0.909. The summed E-state index contributed by atoms with van der Waals surface area (Å²) in [7, 11) is 0. The van der Waals surface area contributed by atoms with Crippen molar-refractivity contribution < 1.29 is 19.1 Å². The van der Waals surface area contributed by atoms with Gasteiger partial charge >= 0.3 is 11.9 Å². The minimum Gasteiger partial charge on any atom is -0.463 e. The molecule has 152 valence electrons. The number of carbonyl (C=O) groups excluding carboxylic acids is 2. The smallest absolute Gasteiger partial charge is 0.347 e. The molecule has 0 saturated carbocycles. The maximum atomic E-state index is 12.3. The largest absolute Gasteiger partial charge is 0.463 e. The molecule has 1 unspecified atom stereocenters. The third-order valence-electron chi connectivity index (χ3n) is 5.13. The molecule has 0 spiro atoms. The maximum absolute atomic E-state index is 12.3. The quantitative estimate of drug-likeness (QED) is 0.419. The van der Waals surface area contributed by atoms with Crippen LogP contribution in [0.4, 0.5) is 0 Å². The summed E-state index contributed by atoms with van der Waals surface area (Å²) in [6.45, 7) is 2.63. The molecule has 0 aromatic rings. The zero-order valence-corrected chi connectivity index (χ0v) is 16.9. The predicted octanol–water partition coefficient (Wildman–Crippen LogP) is 6.11. The van der Waals surface area contributed by atoms with Crippen molar-refractivity contribution >= 4 is 11.9 Å². The van der Waals surface area contributed by atoms with Gasteiger partial charge in [-0.25, -0.2) is 4.79 Å². The number of cyclic esters (lactones) is 2. The summed E-state index contributed by atoms with van der Waals surface area (Å²) >= 11 is 0. The molecule has 0 aromatic heterocycles. The number of ether oxygens (including phenoxy) is 2. The van der Waals surface area contributed by atoms with Crippen molar-refractivity contribution in [3.63, 3.8) is 0 Å². The van der Waals surface area contributed by atoms with Crippen LogP contribution in [0.1, 0.15) is 116 Å². The van der Waals surface area contributed by atoms with Crippen LogP contribution in [0.2, 0.25) is 0 Å². The lowest BCUT2D eigenvalue weighted by atomic mass is 10.1. The van der Waals surface area contributed by atoms with Crippen molar-refractivity contribution in [1.29, 1.82) is 0 Å². The van der Waals surface area contributed by atoms with E-state index in [1.807, 2.05) is 0 Å². The Labute approximate surface area is 160 Å². The Hall–Kier alpha value is -1.06. The van der Waals surface area contributed by atoms with E-state index in [0.29, 0.717) is 19.4 Å². The average molecular weight is 369 g/mol. The molecule has 0 bridgehead atoms. The lowest BCUT2D eigenvalue weighted by Gasteiger charge is -2.17. The van der Waals surface area contributed by atoms with Crippen LogP contribution >= 0.6 is 0 Å². The second-order valence-corrected chi connectivity index (χ2v) is 7.63. The number of hydrogen-bond acceptors (Lipinski definition) is 4. The topological polar surface area (TPSA) is 52.6 Å². The van der Waals surface area contributed by atoms with Crippen molar-refractivity contribution in [3.8, 4) is 0 Å². The molecule has 0 radical (unpaired) electrons. The van der Waals surface area contributed by atoms with Gasteiger partial charge in [-0.15, -0.1) is 0 Å². The Bertz CT molecular complexity index is 367. The van der Waals surface area contributed by atoms with Gasteiger partial charge in [0.05, 0.1) is 6.61 Å². The summed E-state index contributed by atoms with van der Waals surface area (Å²) in [5.74, 6) is -0.594.